The molecule has 0 radical (unpaired) electrons. The highest BCUT2D eigenvalue weighted by Gasteiger charge is 2.78. The van der Waals surface area contributed by atoms with Crippen LogP contribution in [0.1, 0.15) is 40.5 Å². The maximum absolute atomic E-state index is 11.6. The lowest BCUT2D eigenvalue weighted by atomic mass is 9.63. The van der Waals surface area contributed by atoms with E-state index < -0.39 is 0 Å². The summed E-state index contributed by atoms with van der Waals surface area (Å²) < 4.78 is 30.3. The minimum absolute atomic E-state index is 0.0541. The van der Waals surface area contributed by atoms with Crippen molar-refractivity contribution in [1.29, 1.82) is 0 Å². The number of hydrogen-bond donors (Lipinski definition) is 0. The summed E-state index contributed by atoms with van der Waals surface area (Å²) in [7, 11) is 0. The van der Waals surface area contributed by atoms with Crippen LogP contribution in [0.4, 0.5) is 0 Å². The van der Waals surface area contributed by atoms with E-state index in [0.717, 1.165) is 6.29 Å². The molecular weight excluding hydrogens is 440 g/mol. The molecule has 166 valence electrons. The first-order chi connectivity index (χ1) is 14.0. The SMILES string of the molecule is CCOC(C)OC[C@H]1[C@@H](CC=O)[C@@H]2O[C@@H]3[C@@H](Br)[C@H]4C[C@@H]3[C@@H]2[C@]41COC(C)OCC. The van der Waals surface area contributed by atoms with Crippen molar-refractivity contribution in [3.63, 3.8) is 0 Å². The van der Waals surface area contributed by atoms with Crippen molar-refractivity contribution in [2.45, 2.75) is 70.2 Å². The van der Waals surface area contributed by atoms with Gasteiger partial charge in [0.2, 0.25) is 0 Å². The second kappa shape index (κ2) is 8.83. The number of rotatable bonds is 12. The normalized spacial score (nSPS) is 46.4. The lowest BCUT2D eigenvalue weighted by Crippen LogP contribution is -2.51. The molecular formula is C22H35BrO6. The van der Waals surface area contributed by atoms with Gasteiger partial charge in [0.1, 0.15) is 6.29 Å². The first kappa shape index (κ1) is 22.2. The fourth-order valence-corrected chi connectivity index (χ4v) is 8.33. The first-order valence-corrected chi connectivity index (χ1v) is 12.1. The molecule has 11 atom stereocenters. The molecule has 4 aliphatic rings. The summed E-state index contributed by atoms with van der Waals surface area (Å²) in [6, 6.07) is 0. The summed E-state index contributed by atoms with van der Waals surface area (Å²) >= 11 is 3.97. The maximum Gasteiger partial charge on any atom is 0.154 e. The van der Waals surface area contributed by atoms with Crippen LogP contribution in [0, 0.1) is 35.0 Å². The highest BCUT2D eigenvalue weighted by Crippen LogP contribution is 2.75. The number of ether oxygens (including phenoxy) is 5. The quantitative estimate of drug-likeness (QED) is 0.245. The van der Waals surface area contributed by atoms with Gasteiger partial charge in [-0.2, -0.15) is 0 Å². The second-order valence-electron chi connectivity index (χ2n) is 9.02. The third-order valence-electron chi connectivity index (χ3n) is 7.97. The molecule has 2 unspecified atom stereocenters. The van der Waals surface area contributed by atoms with Crippen molar-refractivity contribution >= 4 is 22.2 Å². The van der Waals surface area contributed by atoms with E-state index >= 15 is 0 Å². The van der Waals surface area contributed by atoms with Crippen molar-refractivity contribution in [3.05, 3.63) is 0 Å². The Bertz CT molecular complexity index is 590. The molecule has 0 aromatic rings. The van der Waals surface area contributed by atoms with E-state index in [0.29, 0.717) is 55.4 Å². The van der Waals surface area contributed by atoms with Gasteiger partial charge in [-0.05, 0) is 63.7 Å². The Morgan fingerprint density at radius 3 is 2.45 bits per heavy atom. The summed E-state index contributed by atoms with van der Waals surface area (Å²) in [6.07, 6.45) is 2.61. The number of alkyl halides is 1. The van der Waals surface area contributed by atoms with E-state index in [9.17, 15) is 4.79 Å². The van der Waals surface area contributed by atoms with Crippen LogP contribution in [-0.2, 0) is 28.5 Å². The molecule has 0 N–H and O–H groups in total. The third kappa shape index (κ3) is 3.44. The van der Waals surface area contributed by atoms with Crippen molar-refractivity contribution < 1.29 is 28.5 Å². The van der Waals surface area contributed by atoms with Gasteiger partial charge in [0.05, 0.1) is 25.4 Å². The van der Waals surface area contributed by atoms with Gasteiger partial charge < -0.3 is 28.5 Å². The van der Waals surface area contributed by atoms with Crippen LogP contribution in [0.2, 0.25) is 0 Å². The number of carbonyl (C=O) groups is 1. The van der Waals surface area contributed by atoms with E-state index in [-0.39, 0.29) is 42.0 Å². The fraction of sp³-hybridized carbons (Fsp3) is 0.955. The number of fused-ring (bicyclic) bond motifs is 2. The second-order valence-corrected chi connectivity index (χ2v) is 10.1. The summed E-state index contributed by atoms with van der Waals surface area (Å²) in [6.45, 7) is 10.3. The van der Waals surface area contributed by atoms with Gasteiger partial charge >= 0.3 is 0 Å². The highest BCUT2D eigenvalue weighted by atomic mass is 79.9. The largest absolute Gasteiger partial charge is 0.373 e. The highest BCUT2D eigenvalue weighted by molar-refractivity contribution is 9.09. The zero-order chi connectivity index (χ0) is 20.8. The van der Waals surface area contributed by atoms with Gasteiger partial charge in [-0.25, -0.2) is 0 Å². The summed E-state index contributed by atoms with van der Waals surface area (Å²) in [4.78, 5) is 11.9. The topological polar surface area (TPSA) is 63.2 Å². The molecule has 1 saturated heterocycles. The molecule has 4 rings (SSSR count). The Kier molecular flexibility index (Phi) is 6.75. The molecule has 7 heteroatoms. The molecule has 1 heterocycles. The van der Waals surface area contributed by atoms with E-state index in [1.54, 1.807) is 0 Å². The number of carbonyl (C=O) groups excluding carboxylic acids is 1. The minimum Gasteiger partial charge on any atom is -0.373 e. The van der Waals surface area contributed by atoms with Gasteiger partial charge in [0, 0.05) is 29.9 Å². The van der Waals surface area contributed by atoms with Crippen LogP contribution in [0.15, 0.2) is 0 Å². The predicted octanol–water partition coefficient (Wildman–Crippen LogP) is 3.40. The van der Waals surface area contributed by atoms with Crippen LogP contribution in [-0.4, -0.2) is 62.3 Å². The molecule has 1 aliphatic heterocycles. The molecule has 0 aromatic heterocycles. The van der Waals surface area contributed by atoms with Crippen LogP contribution >= 0.6 is 15.9 Å². The van der Waals surface area contributed by atoms with Crippen LogP contribution in [0.5, 0.6) is 0 Å². The van der Waals surface area contributed by atoms with Gasteiger partial charge in [-0.15, -0.1) is 0 Å². The third-order valence-corrected chi connectivity index (χ3v) is 9.12. The van der Waals surface area contributed by atoms with Crippen molar-refractivity contribution in [1.82, 2.24) is 0 Å². The summed E-state index contributed by atoms with van der Waals surface area (Å²) in [5, 5.41) is 0. The molecule has 29 heavy (non-hydrogen) atoms. The molecule has 6 nitrogen and oxygen atoms in total. The Hall–Kier alpha value is -0.0500. The Morgan fingerprint density at radius 1 is 1.10 bits per heavy atom. The number of hydrogen-bond acceptors (Lipinski definition) is 6. The van der Waals surface area contributed by atoms with Gasteiger partial charge in [0.15, 0.2) is 12.6 Å². The van der Waals surface area contributed by atoms with Crippen molar-refractivity contribution in [3.8, 4) is 0 Å². The molecule has 0 aromatic carbocycles. The van der Waals surface area contributed by atoms with Crippen LogP contribution in [0.3, 0.4) is 0 Å². The van der Waals surface area contributed by atoms with Gasteiger partial charge in [0.25, 0.3) is 0 Å². The zero-order valence-electron chi connectivity index (χ0n) is 17.9. The lowest BCUT2D eigenvalue weighted by molar-refractivity contribution is -0.186. The lowest BCUT2D eigenvalue weighted by Gasteiger charge is -2.46. The molecule has 3 saturated carbocycles. The molecule has 4 fully saturated rings. The van der Waals surface area contributed by atoms with E-state index in [2.05, 4.69) is 15.9 Å². The zero-order valence-corrected chi connectivity index (χ0v) is 19.5. The first-order valence-electron chi connectivity index (χ1n) is 11.2. The fourth-order valence-electron chi connectivity index (χ4n) is 7.11. The van der Waals surface area contributed by atoms with Gasteiger partial charge in [-0.1, -0.05) is 15.9 Å². The number of halogens is 1. The summed E-state index contributed by atoms with van der Waals surface area (Å²) in [5.41, 5.74) is -0.0541. The van der Waals surface area contributed by atoms with Crippen LogP contribution < -0.4 is 0 Å². The molecule has 0 spiro atoms. The Labute approximate surface area is 182 Å². The van der Waals surface area contributed by atoms with E-state index in [4.69, 9.17) is 23.7 Å². The Balaban J connectivity index is 1.62. The van der Waals surface area contributed by atoms with Crippen molar-refractivity contribution in [2.24, 2.45) is 35.0 Å². The average Bonchev–Trinajstić information content (AvgIpc) is 3.35. The standard InChI is InChI=1S/C22H35BrO6/c1-5-25-12(3)27-10-17-14(7-8-24)20-18-15-9-16(19(23)21(15)29-20)22(17,18)11-28-13(4)26-6-2/h8,12-21H,5-7,9-11H2,1-4H3/t12?,13?,14-,15-,16-,17+,18+,19+,20+,21+,22-/m1/s1. The monoisotopic (exact) mass is 474 g/mol. The summed E-state index contributed by atoms with van der Waals surface area (Å²) in [5.74, 6) is 1.82. The van der Waals surface area contributed by atoms with Crippen LogP contribution in [0.25, 0.3) is 0 Å². The van der Waals surface area contributed by atoms with E-state index in [1.165, 1.54) is 6.42 Å². The van der Waals surface area contributed by atoms with E-state index in [1.807, 2.05) is 27.7 Å². The average molecular weight is 475 g/mol. The number of aldehydes is 1. The minimum atomic E-state index is -0.260. The smallest absolute Gasteiger partial charge is 0.154 e. The molecule has 2 bridgehead atoms. The predicted molar refractivity (Wildman–Crippen MR) is 111 cm³/mol. The molecule has 3 aliphatic carbocycles. The molecule has 0 amide bonds. The van der Waals surface area contributed by atoms with Crippen molar-refractivity contribution in [2.75, 3.05) is 26.4 Å². The maximum atomic E-state index is 11.6. The van der Waals surface area contributed by atoms with Gasteiger partial charge in [-0.3, -0.25) is 0 Å². The Morgan fingerprint density at radius 2 is 1.79 bits per heavy atom.